The number of aromatic nitrogens is 4. The molecular weight excluding hydrogens is 354 g/mol. The van der Waals surface area contributed by atoms with Crippen molar-refractivity contribution < 1.29 is 13.6 Å². The number of tetrazole rings is 1. The predicted molar refractivity (Wildman–Crippen MR) is 92.9 cm³/mol. The number of alkyl halides is 1. The molecule has 2 fully saturated rings. The number of fused-ring (bicyclic) bond motifs is 1. The Hall–Kier alpha value is -2.42. The fourth-order valence-electron chi connectivity index (χ4n) is 4.33. The van der Waals surface area contributed by atoms with Gasteiger partial charge in [0.1, 0.15) is 23.4 Å². The number of likely N-dealkylation sites (tertiary alicyclic amines) is 1. The van der Waals surface area contributed by atoms with Crippen molar-refractivity contribution in [2.75, 3.05) is 13.1 Å². The van der Waals surface area contributed by atoms with Crippen molar-refractivity contribution in [3.05, 3.63) is 41.5 Å². The second-order valence-corrected chi connectivity index (χ2v) is 7.69. The van der Waals surface area contributed by atoms with Crippen LogP contribution in [0.4, 0.5) is 8.78 Å². The molecule has 144 valence electrons. The van der Waals surface area contributed by atoms with Crippen molar-refractivity contribution in [1.29, 1.82) is 0 Å². The van der Waals surface area contributed by atoms with Gasteiger partial charge >= 0.3 is 0 Å². The number of benzene rings is 1. The predicted octanol–water partition coefficient (Wildman–Crippen LogP) is 1.34. The first-order valence-corrected chi connectivity index (χ1v) is 9.07. The fraction of sp³-hybridized carbons (Fsp3) is 0.556. The number of amides is 1. The smallest absolute Gasteiger partial charge is 0.248 e. The normalized spacial score (nSPS) is 28.4. The zero-order valence-corrected chi connectivity index (χ0v) is 15.1. The molecule has 4 rings (SSSR count). The van der Waals surface area contributed by atoms with E-state index in [2.05, 4.69) is 15.5 Å². The summed E-state index contributed by atoms with van der Waals surface area (Å²) in [6, 6.07) is 5.19. The molecule has 3 atom stereocenters. The van der Waals surface area contributed by atoms with Crippen LogP contribution in [0.15, 0.2) is 24.3 Å². The Labute approximate surface area is 155 Å². The highest BCUT2D eigenvalue weighted by molar-refractivity contribution is 5.81. The minimum absolute atomic E-state index is 0.0105. The molecule has 9 heteroatoms. The molecule has 2 heterocycles. The van der Waals surface area contributed by atoms with Crippen LogP contribution in [0.3, 0.4) is 0 Å². The van der Waals surface area contributed by atoms with Crippen LogP contribution in [0.25, 0.3) is 0 Å². The van der Waals surface area contributed by atoms with Gasteiger partial charge in [-0.2, -0.15) is 0 Å². The third-order valence-electron chi connectivity index (χ3n) is 5.89. The molecule has 1 saturated heterocycles. The average molecular weight is 376 g/mol. The van der Waals surface area contributed by atoms with Crippen LogP contribution >= 0.6 is 0 Å². The van der Waals surface area contributed by atoms with Gasteiger partial charge in [0.2, 0.25) is 5.91 Å². The number of hydrogen-bond donors (Lipinski definition) is 1. The maximum absolute atomic E-state index is 15.2. The molecule has 1 saturated carbocycles. The van der Waals surface area contributed by atoms with Crippen LogP contribution in [0.1, 0.15) is 36.7 Å². The van der Waals surface area contributed by atoms with Crippen molar-refractivity contribution in [2.45, 2.75) is 49.9 Å². The number of carbonyl (C=O) groups excluding carboxylic acids is 1. The first-order valence-electron chi connectivity index (χ1n) is 9.07. The van der Waals surface area contributed by atoms with Crippen LogP contribution in [0, 0.1) is 12.7 Å². The van der Waals surface area contributed by atoms with Gasteiger partial charge in [0, 0.05) is 13.0 Å². The number of nitrogens with two attached hydrogens (primary N) is 1. The third-order valence-corrected chi connectivity index (χ3v) is 5.89. The average Bonchev–Trinajstić information content (AvgIpc) is 3.24. The summed E-state index contributed by atoms with van der Waals surface area (Å²) in [5.74, 6) is -0.143. The van der Waals surface area contributed by atoms with Crippen LogP contribution in [-0.2, 0) is 11.2 Å². The highest BCUT2D eigenvalue weighted by Gasteiger charge is 2.60. The molecule has 1 amide bonds. The van der Waals surface area contributed by atoms with E-state index in [4.69, 9.17) is 5.73 Å². The summed E-state index contributed by atoms with van der Waals surface area (Å²) in [5.41, 5.74) is 4.52. The van der Waals surface area contributed by atoms with Crippen molar-refractivity contribution in [2.24, 2.45) is 5.73 Å². The molecule has 27 heavy (non-hydrogen) atoms. The number of nitrogens with zero attached hydrogens (tertiary/aromatic N) is 5. The molecule has 2 aromatic rings. The van der Waals surface area contributed by atoms with Crippen molar-refractivity contribution in [3.63, 3.8) is 0 Å². The largest absolute Gasteiger partial charge is 0.336 e. The van der Waals surface area contributed by atoms with Gasteiger partial charge in [-0.15, -0.1) is 5.10 Å². The van der Waals surface area contributed by atoms with Crippen molar-refractivity contribution in [1.82, 2.24) is 25.1 Å². The zero-order valence-electron chi connectivity index (χ0n) is 15.1. The van der Waals surface area contributed by atoms with Gasteiger partial charge in [-0.25, -0.2) is 13.5 Å². The Morgan fingerprint density at radius 3 is 2.67 bits per heavy atom. The van der Waals surface area contributed by atoms with E-state index < -0.39 is 17.2 Å². The Balaban J connectivity index is 1.62. The Kier molecular flexibility index (Phi) is 4.21. The van der Waals surface area contributed by atoms with Crippen molar-refractivity contribution in [3.8, 4) is 0 Å². The Morgan fingerprint density at radius 2 is 2.04 bits per heavy atom. The summed E-state index contributed by atoms with van der Waals surface area (Å²) in [6.07, 6.45) is 1.96. The maximum Gasteiger partial charge on any atom is 0.248 e. The quantitative estimate of drug-likeness (QED) is 0.870. The van der Waals surface area contributed by atoms with E-state index in [0.717, 1.165) is 12.0 Å². The standard InChI is InChI=1S/C18H22F2N6O/c1-12-22-23-24-26(12)15(9-13-3-5-14(19)6-4-13)16(27)25-10-17(20)7-2-8-18(17,21)11-25/h3-6,15H,2,7-11,21H2,1H3/t15?,17-,18+/m1/s1. The molecule has 1 unspecified atom stereocenters. The van der Waals surface area contributed by atoms with E-state index in [1.54, 1.807) is 19.1 Å². The molecule has 0 radical (unpaired) electrons. The zero-order chi connectivity index (χ0) is 19.2. The highest BCUT2D eigenvalue weighted by Crippen LogP contribution is 2.46. The number of rotatable bonds is 4. The summed E-state index contributed by atoms with van der Waals surface area (Å²) in [7, 11) is 0. The molecule has 2 aliphatic rings. The van der Waals surface area contributed by atoms with Gasteiger partial charge in [-0.05, 0) is 54.3 Å². The Morgan fingerprint density at radius 1 is 1.30 bits per heavy atom. The van der Waals surface area contributed by atoms with Gasteiger partial charge in [-0.1, -0.05) is 12.1 Å². The van der Waals surface area contributed by atoms with Gasteiger partial charge < -0.3 is 10.6 Å². The lowest BCUT2D eigenvalue weighted by Crippen LogP contribution is -2.53. The monoisotopic (exact) mass is 376 g/mol. The molecule has 7 nitrogen and oxygen atoms in total. The fourth-order valence-corrected chi connectivity index (χ4v) is 4.33. The summed E-state index contributed by atoms with van der Waals surface area (Å²) in [5, 5.41) is 11.4. The summed E-state index contributed by atoms with van der Waals surface area (Å²) in [6.45, 7) is 1.87. The number of halogens is 2. The van der Waals surface area contributed by atoms with Crippen LogP contribution in [0.5, 0.6) is 0 Å². The minimum Gasteiger partial charge on any atom is -0.336 e. The van der Waals surface area contributed by atoms with E-state index in [0.29, 0.717) is 18.7 Å². The second kappa shape index (κ2) is 6.33. The number of carbonyl (C=O) groups is 1. The summed E-state index contributed by atoms with van der Waals surface area (Å²) >= 11 is 0. The molecule has 0 spiro atoms. The molecule has 0 bridgehead atoms. The van der Waals surface area contributed by atoms with Gasteiger partial charge in [0.15, 0.2) is 0 Å². The van der Waals surface area contributed by atoms with E-state index in [-0.39, 0.29) is 31.2 Å². The highest BCUT2D eigenvalue weighted by atomic mass is 19.1. The van der Waals surface area contributed by atoms with Crippen LogP contribution < -0.4 is 5.73 Å². The molecule has 2 N–H and O–H groups in total. The number of aryl methyl sites for hydroxylation is 1. The first kappa shape index (κ1) is 18.0. The second-order valence-electron chi connectivity index (χ2n) is 7.69. The molecular formula is C18H22F2N6O. The third kappa shape index (κ3) is 2.99. The van der Waals surface area contributed by atoms with Gasteiger partial charge in [-0.3, -0.25) is 4.79 Å². The lowest BCUT2D eigenvalue weighted by Gasteiger charge is -2.27. The van der Waals surface area contributed by atoms with E-state index in [1.165, 1.54) is 21.7 Å². The van der Waals surface area contributed by atoms with Crippen LogP contribution in [-0.4, -0.2) is 55.3 Å². The van der Waals surface area contributed by atoms with Gasteiger partial charge in [0.05, 0.1) is 12.1 Å². The summed E-state index contributed by atoms with van der Waals surface area (Å²) < 4.78 is 29.9. The number of hydrogen-bond acceptors (Lipinski definition) is 5. The first-order chi connectivity index (χ1) is 12.8. The maximum atomic E-state index is 15.2. The van der Waals surface area contributed by atoms with Gasteiger partial charge in [0.25, 0.3) is 0 Å². The SMILES string of the molecule is Cc1nnnn1C(Cc1ccc(F)cc1)C(=O)N1C[C@@]2(N)CCC[C@@]2(F)C1. The Bertz CT molecular complexity index is 838. The molecule has 1 aromatic carbocycles. The lowest BCUT2D eigenvalue weighted by atomic mass is 9.89. The topological polar surface area (TPSA) is 89.9 Å². The van der Waals surface area contributed by atoms with E-state index in [9.17, 15) is 9.18 Å². The van der Waals surface area contributed by atoms with E-state index in [1.807, 2.05) is 0 Å². The molecule has 1 aromatic heterocycles. The minimum atomic E-state index is -1.54. The molecule has 1 aliphatic carbocycles. The molecule has 1 aliphatic heterocycles. The lowest BCUT2D eigenvalue weighted by molar-refractivity contribution is -0.134. The van der Waals surface area contributed by atoms with Crippen molar-refractivity contribution >= 4 is 5.91 Å². The van der Waals surface area contributed by atoms with Crippen LogP contribution in [0.2, 0.25) is 0 Å². The summed E-state index contributed by atoms with van der Waals surface area (Å²) in [4.78, 5) is 14.8. The van der Waals surface area contributed by atoms with E-state index >= 15 is 4.39 Å².